The van der Waals surface area contributed by atoms with Gasteiger partial charge in [-0.15, -0.1) is 0 Å². The molecule has 3 aliphatic rings. The lowest BCUT2D eigenvalue weighted by Gasteiger charge is -2.26. The second kappa shape index (κ2) is 4.74. The number of cyclic esters (lactones) is 1. The van der Waals surface area contributed by atoms with Gasteiger partial charge in [-0.2, -0.15) is 0 Å². The summed E-state index contributed by atoms with van der Waals surface area (Å²) < 4.78 is 5.90. The summed E-state index contributed by atoms with van der Waals surface area (Å²) >= 11 is 9.98. The van der Waals surface area contributed by atoms with Gasteiger partial charge in [-0.25, -0.2) is 9.78 Å². The molecule has 0 aromatic carbocycles. The summed E-state index contributed by atoms with van der Waals surface area (Å²) in [5, 5.41) is 4.12. The minimum atomic E-state index is -0.179. The van der Waals surface area contributed by atoms with Gasteiger partial charge >= 0.3 is 6.09 Å². The van der Waals surface area contributed by atoms with Crippen LogP contribution in [0.4, 0.5) is 10.6 Å². The summed E-state index contributed by atoms with van der Waals surface area (Å²) in [6.45, 7) is 2.04. The molecule has 21 heavy (non-hydrogen) atoms. The molecule has 1 saturated carbocycles. The summed E-state index contributed by atoms with van der Waals surface area (Å²) in [5.74, 6) is 0.882. The van der Waals surface area contributed by atoms with Crippen LogP contribution in [0.3, 0.4) is 0 Å². The lowest BCUT2D eigenvalue weighted by atomic mass is 9.81. The van der Waals surface area contributed by atoms with Gasteiger partial charge in [0, 0.05) is 29.8 Å². The lowest BCUT2D eigenvalue weighted by Crippen LogP contribution is -2.36. The molecule has 7 heteroatoms. The number of pyridine rings is 1. The van der Waals surface area contributed by atoms with Gasteiger partial charge in [0.1, 0.15) is 12.4 Å². The third-order valence-corrected chi connectivity index (χ3v) is 6.14. The molecule has 1 aromatic heterocycles. The maximum atomic E-state index is 11.8. The molecule has 5 nitrogen and oxygen atoms in total. The highest BCUT2D eigenvalue weighted by Gasteiger charge is 2.50. The van der Waals surface area contributed by atoms with E-state index >= 15 is 0 Å². The van der Waals surface area contributed by atoms with Crippen molar-refractivity contribution in [2.75, 3.05) is 25.0 Å². The van der Waals surface area contributed by atoms with Crippen molar-refractivity contribution in [3.63, 3.8) is 0 Å². The Hall–Kier alpha value is -1.01. The molecule has 112 valence electrons. The number of aromatic nitrogens is 1. The SMILES string of the molecule is O=C1OCCN1C1CCC2(CNc3ncc(Br)c(Cl)c32)C1. The van der Waals surface area contributed by atoms with E-state index in [2.05, 4.69) is 26.2 Å². The van der Waals surface area contributed by atoms with Crippen molar-refractivity contribution in [3.8, 4) is 0 Å². The van der Waals surface area contributed by atoms with Gasteiger partial charge in [0.2, 0.25) is 0 Å². The number of hydrogen-bond donors (Lipinski definition) is 1. The van der Waals surface area contributed by atoms with Crippen LogP contribution in [-0.4, -0.2) is 41.7 Å². The molecule has 1 N–H and O–H groups in total. The molecule has 1 amide bonds. The Kier molecular flexibility index (Phi) is 3.08. The molecule has 2 unspecified atom stereocenters. The molecular formula is C14H15BrClN3O2. The van der Waals surface area contributed by atoms with E-state index in [1.54, 1.807) is 6.20 Å². The van der Waals surface area contributed by atoms with E-state index in [0.29, 0.717) is 13.2 Å². The van der Waals surface area contributed by atoms with Crippen molar-refractivity contribution in [2.24, 2.45) is 0 Å². The number of carbonyl (C=O) groups is 1. The van der Waals surface area contributed by atoms with Crippen LogP contribution in [0.5, 0.6) is 0 Å². The van der Waals surface area contributed by atoms with Crippen molar-refractivity contribution < 1.29 is 9.53 Å². The topological polar surface area (TPSA) is 54.5 Å². The van der Waals surface area contributed by atoms with Gasteiger partial charge in [0.15, 0.2) is 0 Å². The van der Waals surface area contributed by atoms with E-state index in [9.17, 15) is 4.79 Å². The summed E-state index contributed by atoms with van der Waals surface area (Å²) in [6, 6.07) is 0.239. The maximum Gasteiger partial charge on any atom is 0.410 e. The Bertz CT molecular complexity index is 626. The fourth-order valence-electron chi connectivity index (χ4n) is 3.91. The molecule has 1 aliphatic carbocycles. The third kappa shape index (κ3) is 1.95. The van der Waals surface area contributed by atoms with E-state index in [0.717, 1.165) is 46.7 Å². The van der Waals surface area contributed by atoms with Gasteiger partial charge in [0.25, 0.3) is 0 Å². The molecule has 3 heterocycles. The molecular weight excluding hydrogens is 358 g/mol. The van der Waals surface area contributed by atoms with Crippen molar-refractivity contribution in [1.29, 1.82) is 0 Å². The molecule has 1 aromatic rings. The minimum Gasteiger partial charge on any atom is -0.448 e. The van der Waals surface area contributed by atoms with Gasteiger partial charge in [-0.3, -0.25) is 0 Å². The van der Waals surface area contributed by atoms with Crippen LogP contribution in [0.1, 0.15) is 24.8 Å². The molecule has 2 aliphatic heterocycles. The quantitative estimate of drug-likeness (QED) is 0.823. The number of amides is 1. The first-order valence-corrected chi connectivity index (χ1v) is 8.30. The number of nitrogens with one attached hydrogen (secondary N) is 1. The monoisotopic (exact) mass is 371 g/mol. The van der Waals surface area contributed by atoms with Crippen LogP contribution in [0.2, 0.25) is 5.02 Å². The third-order valence-electron chi connectivity index (χ3n) is 4.91. The highest BCUT2D eigenvalue weighted by atomic mass is 79.9. The molecule has 1 spiro atoms. The van der Waals surface area contributed by atoms with Crippen LogP contribution in [0.15, 0.2) is 10.7 Å². The van der Waals surface area contributed by atoms with E-state index < -0.39 is 0 Å². The summed E-state index contributed by atoms with van der Waals surface area (Å²) in [4.78, 5) is 18.1. The Balaban J connectivity index is 1.67. The van der Waals surface area contributed by atoms with Crippen LogP contribution >= 0.6 is 27.5 Å². The zero-order chi connectivity index (χ0) is 14.6. The van der Waals surface area contributed by atoms with Crippen LogP contribution in [-0.2, 0) is 10.2 Å². The van der Waals surface area contributed by atoms with Gasteiger partial charge in [0.05, 0.1) is 16.0 Å². The number of halogens is 2. The van der Waals surface area contributed by atoms with Crippen LogP contribution in [0, 0.1) is 0 Å². The Morgan fingerprint density at radius 3 is 3.19 bits per heavy atom. The first kappa shape index (κ1) is 13.6. The first-order valence-electron chi connectivity index (χ1n) is 7.12. The lowest BCUT2D eigenvalue weighted by molar-refractivity contribution is 0.147. The Labute approximate surface area is 136 Å². The number of anilines is 1. The smallest absolute Gasteiger partial charge is 0.410 e. The summed E-state index contributed by atoms with van der Waals surface area (Å²) in [7, 11) is 0. The second-order valence-corrected chi connectivity index (χ2v) is 7.21. The predicted molar refractivity (Wildman–Crippen MR) is 82.8 cm³/mol. The van der Waals surface area contributed by atoms with E-state index in [1.165, 1.54) is 0 Å². The fraction of sp³-hybridized carbons (Fsp3) is 0.571. The van der Waals surface area contributed by atoms with Crippen LogP contribution < -0.4 is 5.32 Å². The Morgan fingerprint density at radius 1 is 1.57 bits per heavy atom. The number of fused-ring (bicyclic) bond motifs is 2. The molecule has 0 radical (unpaired) electrons. The minimum absolute atomic E-state index is 0.0171. The molecule has 2 fully saturated rings. The van der Waals surface area contributed by atoms with Gasteiger partial charge in [-0.1, -0.05) is 11.6 Å². The van der Waals surface area contributed by atoms with Gasteiger partial charge < -0.3 is 15.0 Å². The number of carbonyl (C=O) groups excluding carboxylic acids is 1. The number of rotatable bonds is 1. The zero-order valence-corrected chi connectivity index (χ0v) is 13.7. The highest BCUT2D eigenvalue weighted by molar-refractivity contribution is 9.10. The number of ether oxygens (including phenoxy) is 1. The first-order chi connectivity index (χ1) is 10.1. The molecule has 4 rings (SSSR count). The second-order valence-electron chi connectivity index (χ2n) is 5.98. The van der Waals surface area contributed by atoms with Crippen molar-refractivity contribution >= 4 is 39.4 Å². The van der Waals surface area contributed by atoms with Crippen molar-refractivity contribution in [3.05, 3.63) is 21.3 Å². The standard InChI is InChI=1S/C14H15BrClN3O2/c15-9-6-17-12-10(11(9)16)14(7-18-12)2-1-8(5-14)19-3-4-21-13(19)20/h6,8H,1-5,7H2,(H,17,18). The van der Waals surface area contributed by atoms with Gasteiger partial charge in [-0.05, 0) is 35.2 Å². The number of hydrogen-bond acceptors (Lipinski definition) is 4. The van der Waals surface area contributed by atoms with Crippen molar-refractivity contribution in [2.45, 2.75) is 30.7 Å². The molecule has 2 atom stereocenters. The van der Waals surface area contributed by atoms with E-state index in [-0.39, 0.29) is 17.6 Å². The number of nitrogens with zero attached hydrogens (tertiary/aromatic N) is 2. The summed E-state index contributed by atoms with van der Waals surface area (Å²) in [6.07, 6.45) is 4.47. The Morgan fingerprint density at radius 2 is 2.43 bits per heavy atom. The fourth-order valence-corrected chi connectivity index (χ4v) is 4.55. The average Bonchev–Trinajstić information content (AvgIpc) is 3.15. The summed E-state index contributed by atoms with van der Waals surface area (Å²) in [5.41, 5.74) is 1.09. The normalized spacial score (nSPS) is 30.7. The maximum absolute atomic E-state index is 11.8. The van der Waals surface area contributed by atoms with Crippen LogP contribution in [0.25, 0.3) is 0 Å². The predicted octanol–water partition coefficient (Wildman–Crippen LogP) is 3.17. The molecule has 0 bridgehead atoms. The zero-order valence-electron chi connectivity index (χ0n) is 11.4. The van der Waals surface area contributed by atoms with E-state index in [4.69, 9.17) is 16.3 Å². The largest absolute Gasteiger partial charge is 0.448 e. The highest BCUT2D eigenvalue weighted by Crippen LogP contribution is 2.52. The molecule has 1 saturated heterocycles. The average molecular weight is 373 g/mol. The van der Waals surface area contributed by atoms with E-state index in [1.807, 2.05) is 4.90 Å². The van der Waals surface area contributed by atoms with Crippen molar-refractivity contribution in [1.82, 2.24) is 9.88 Å².